The lowest BCUT2D eigenvalue weighted by atomic mass is 10.1. The van der Waals surface area contributed by atoms with Crippen LogP contribution in [0.15, 0.2) is 18.2 Å². The number of hydrogen-bond acceptors (Lipinski definition) is 5. The zero-order chi connectivity index (χ0) is 12.1. The van der Waals surface area contributed by atoms with Crippen molar-refractivity contribution >= 4 is 5.78 Å². The van der Waals surface area contributed by atoms with Crippen molar-refractivity contribution in [2.75, 3.05) is 32.9 Å². The number of aliphatic hydroxyl groups excluding tert-OH is 1. The van der Waals surface area contributed by atoms with E-state index in [2.05, 4.69) is 5.32 Å². The summed E-state index contributed by atoms with van der Waals surface area (Å²) in [6.07, 6.45) is 0. The van der Waals surface area contributed by atoms with Gasteiger partial charge in [0.15, 0.2) is 17.3 Å². The summed E-state index contributed by atoms with van der Waals surface area (Å²) in [7, 11) is 0. The largest absolute Gasteiger partial charge is 0.486 e. The van der Waals surface area contributed by atoms with Gasteiger partial charge in [0, 0.05) is 12.1 Å². The van der Waals surface area contributed by atoms with Crippen LogP contribution in [0.2, 0.25) is 0 Å². The van der Waals surface area contributed by atoms with E-state index in [0.717, 1.165) is 0 Å². The van der Waals surface area contributed by atoms with Crippen molar-refractivity contribution in [3.05, 3.63) is 23.8 Å². The van der Waals surface area contributed by atoms with Crippen molar-refractivity contribution in [2.24, 2.45) is 0 Å². The molecule has 1 aliphatic rings. The second kappa shape index (κ2) is 5.65. The molecule has 0 bridgehead atoms. The molecule has 5 heteroatoms. The van der Waals surface area contributed by atoms with Crippen molar-refractivity contribution in [3.8, 4) is 11.5 Å². The quantitative estimate of drug-likeness (QED) is 0.566. The Morgan fingerprint density at radius 2 is 2.06 bits per heavy atom. The maximum Gasteiger partial charge on any atom is 0.176 e. The highest BCUT2D eigenvalue weighted by atomic mass is 16.6. The first-order valence-corrected chi connectivity index (χ1v) is 5.55. The van der Waals surface area contributed by atoms with Crippen LogP contribution in [0.25, 0.3) is 0 Å². The highest BCUT2D eigenvalue weighted by molar-refractivity contribution is 5.98. The minimum absolute atomic E-state index is 0.0222. The molecule has 0 unspecified atom stereocenters. The molecule has 2 rings (SSSR count). The molecule has 1 aromatic rings. The number of fused-ring (bicyclic) bond motifs is 1. The van der Waals surface area contributed by atoms with E-state index >= 15 is 0 Å². The zero-order valence-electron chi connectivity index (χ0n) is 9.44. The van der Waals surface area contributed by atoms with Crippen LogP contribution < -0.4 is 14.8 Å². The molecule has 0 fully saturated rings. The number of nitrogens with one attached hydrogen (secondary N) is 1. The Bertz CT molecular complexity index is 405. The average Bonchev–Trinajstić information content (AvgIpc) is 2.38. The third-order valence-electron chi connectivity index (χ3n) is 2.44. The maximum atomic E-state index is 11.8. The van der Waals surface area contributed by atoms with E-state index in [1.165, 1.54) is 0 Å². The van der Waals surface area contributed by atoms with Crippen LogP contribution in [0.4, 0.5) is 0 Å². The van der Waals surface area contributed by atoms with Crippen molar-refractivity contribution in [1.29, 1.82) is 0 Å². The van der Waals surface area contributed by atoms with E-state index in [1.807, 2.05) is 0 Å². The number of carbonyl (C=O) groups is 1. The van der Waals surface area contributed by atoms with Crippen LogP contribution in [0.1, 0.15) is 10.4 Å². The van der Waals surface area contributed by atoms with Gasteiger partial charge < -0.3 is 19.9 Å². The molecule has 1 aliphatic heterocycles. The highest BCUT2D eigenvalue weighted by Gasteiger charge is 2.14. The summed E-state index contributed by atoms with van der Waals surface area (Å²) >= 11 is 0. The number of carbonyl (C=O) groups excluding carboxylic acids is 1. The number of Topliss-reactive ketones (excluding diaryl/α,β-unsaturated/α-hetero) is 1. The fourth-order valence-electron chi connectivity index (χ4n) is 1.60. The minimum atomic E-state index is -0.0320. The Balaban J connectivity index is 2.03. The SMILES string of the molecule is O=C(CNCCO)c1ccc2c(c1)OCCO2. The van der Waals surface area contributed by atoms with Gasteiger partial charge in [-0.2, -0.15) is 0 Å². The number of hydrogen-bond donors (Lipinski definition) is 2. The van der Waals surface area contributed by atoms with Crippen LogP contribution in [-0.2, 0) is 0 Å². The monoisotopic (exact) mass is 237 g/mol. The Morgan fingerprint density at radius 3 is 2.82 bits per heavy atom. The summed E-state index contributed by atoms with van der Waals surface area (Å²) in [5.41, 5.74) is 0.583. The maximum absolute atomic E-state index is 11.8. The lowest BCUT2D eigenvalue weighted by Gasteiger charge is -2.18. The molecule has 0 spiro atoms. The van der Waals surface area contributed by atoms with Crippen LogP contribution in [-0.4, -0.2) is 43.8 Å². The molecule has 0 radical (unpaired) electrons. The van der Waals surface area contributed by atoms with Gasteiger partial charge in [-0.25, -0.2) is 0 Å². The van der Waals surface area contributed by atoms with Gasteiger partial charge in [-0.1, -0.05) is 0 Å². The molecular weight excluding hydrogens is 222 g/mol. The number of ketones is 1. The number of ether oxygens (including phenoxy) is 2. The van der Waals surface area contributed by atoms with Gasteiger partial charge >= 0.3 is 0 Å². The molecule has 0 amide bonds. The van der Waals surface area contributed by atoms with Gasteiger partial charge in [0.1, 0.15) is 13.2 Å². The Hall–Kier alpha value is -1.59. The standard InChI is InChI=1S/C12H15NO4/c14-4-3-13-8-10(15)9-1-2-11-12(7-9)17-6-5-16-11/h1-2,7,13-14H,3-6,8H2. The summed E-state index contributed by atoms with van der Waals surface area (Å²) in [6.45, 7) is 1.69. The molecular formula is C12H15NO4. The van der Waals surface area contributed by atoms with Gasteiger partial charge in [-0.05, 0) is 18.2 Å². The molecule has 2 N–H and O–H groups in total. The molecule has 0 saturated carbocycles. The Labute approximate surface area is 99.3 Å². The van der Waals surface area contributed by atoms with Crippen molar-refractivity contribution in [2.45, 2.75) is 0 Å². The highest BCUT2D eigenvalue weighted by Crippen LogP contribution is 2.30. The smallest absolute Gasteiger partial charge is 0.176 e. The van der Waals surface area contributed by atoms with Gasteiger partial charge in [0.05, 0.1) is 13.2 Å². The second-order valence-corrected chi connectivity index (χ2v) is 3.68. The molecule has 0 saturated heterocycles. The van der Waals surface area contributed by atoms with Gasteiger partial charge in [-0.3, -0.25) is 4.79 Å². The van der Waals surface area contributed by atoms with Crippen LogP contribution in [0.5, 0.6) is 11.5 Å². The van der Waals surface area contributed by atoms with E-state index < -0.39 is 0 Å². The van der Waals surface area contributed by atoms with Crippen molar-refractivity contribution < 1.29 is 19.4 Å². The first kappa shape index (κ1) is 11.9. The fourth-order valence-corrected chi connectivity index (χ4v) is 1.60. The predicted molar refractivity (Wildman–Crippen MR) is 61.7 cm³/mol. The minimum Gasteiger partial charge on any atom is -0.486 e. The lowest BCUT2D eigenvalue weighted by molar-refractivity contribution is 0.0988. The fraction of sp³-hybridized carbons (Fsp3) is 0.417. The summed E-state index contributed by atoms with van der Waals surface area (Å²) in [4.78, 5) is 11.8. The zero-order valence-corrected chi connectivity index (χ0v) is 9.44. The number of aliphatic hydroxyl groups is 1. The molecule has 17 heavy (non-hydrogen) atoms. The average molecular weight is 237 g/mol. The summed E-state index contributed by atoms with van der Waals surface area (Å²) < 4.78 is 10.8. The molecule has 0 aliphatic carbocycles. The van der Waals surface area contributed by atoms with Gasteiger partial charge in [0.25, 0.3) is 0 Å². The van der Waals surface area contributed by atoms with Crippen LogP contribution in [0, 0.1) is 0 Å². The normalized spacial score (nSPS) is 13.5. The molecule has 0 atom stereocenters. The van der Waals surface area contributed by atoms with Crippen molar-refractivity contribution in [1.82, 2.24) is 5.32 Å². The number of rotatable bonds is 5. The third kappa shape index (κ3) is 2.95. The topological polar surface area (TPSA) is 67.8 Å². The van der Waals surface area contributed by atoms with Crippen LogP contribution >= 0.6 is 0 Å². The van der Waals surface area contributed by atoms with E-state index in [4.69, 9.17) is 14.6 Å². The summed E-state index contributed by atoms with van der Waals surface area (Å²) in [6, 6.07) is 5.15. The molecule has 5 nitrogen and oxygen atoms in total. The van der Waals surface area contributed by atoms with Crippen LogP contribution in [0.3, 0.4) is 0 Å². The third-order valence-corrected chi connectivity index (χ3v) is 2.44. The summed E-state index contributed by atoms with van der Waals surface area (Å²) in [5.74, 6) is 1.26. The molecule has 1 aromatic carbocycles. The molecule has 0 aromatic heterocycles. The summed E-state index contributed by atoms with van der Waals surface area (Å²) in [5, 5.41) is 11.4. The first-order chi connectivity index (χ1) is 8.31. The Kier molecular flexibility index (Phi) is 3.95. The van der Waals surface area contributed by atoms with Gasteiger partial charge in [-0.15, -0.1) is 0 Å². The lowest BCUT2D eigenvalue weighted by Crippen LogP contribution is -2.26. The second-order valence-electron chi connectivity index (χ2n) is 3.68. The van der Waals surface area contributed by atoms with Gasteiger partial charge in [0.2, 0.25) is 0 Å². The Morgan fingerprint density at radius 1 is 1.29 bits per heavy atom. The van der Waals surface area contributed by atoms with E-state index in [9.17, 15) is 4.79 Å². The van der Waals surface area contributed by atoms with E-state index in [0.29, 0.717) is 36.8 Å². The predicted octanol–water partition coefficient (Wildman–Crippen LogP) is 0.222. The van der Waals surface area contributed by atoms with E-state index in [-0.39, 0.29) is 18.9 Å². The number of benzene rings is 1. The molecule has 1 heterocycles. The van der Waals surface area contributed by atoms with E-state index in [1.54, 1.807) is 18.2 Å². The van der Waals surface area contributed by atoms with Crippen molar-refractivity contribution in [3.63, 3.8) is 0 Å². The first-order valence-electron chi connectivity index (χ1n) is 5.55. The molecule has 92 valence electrons.